The topological polar surface area (TPSA) is 84.0 Å². The molecule has 0 aliphatic rings. The van der Waals surface area contributed by atoms with Crippen LogP contribution in [0.1, 0.15) is 39.8 Å². The van der Waals surface area contributed by atoms with Crippen molar-refractivity contribution in [1.29, 1.82) is 0 Å². The SMILES string of the molecule is O=C(CC(NC(=O)c1ccccc1Cl)c1ccccc1)Nc1nnc(C(F)F)s1. The molecule has 3 aromatic rings. The average Bonchev–Trinajstić information content (AvgIpc) is 3.17. The fourth-order valence-electron chi connectivity index (χ4n) is 2.55. The molecule has 0 fully saturated rings. The van der Waals surface area contributed by atoms with Crippen LogP contribution < -0.4 is 10.6 Å². The Morgan fingerprint density at radius 1 is 1.03 bits per heavy atom. The first-order valence-corrected chi connectivity index (χ1v) is 9.65. The van der Waals surface area contributed by atoms with Crippen molar-refractivity contribution in [1.82, 2.24) is 15.5 Å². The molecule has 0 aliphatic carbocycles. The number of anilines is 1. The zero-order valence-corrected chi connectivity index (χ0v) is 16.4. The number of hydrogen-bond donors (Lipinski definition) is 2. The number of carbonyl (C=O) groups excluding carboxylic acids is 2. The number of amides is 2. The van der Waals surface area contributed by atoms with Crippen molar-refractivity contribution in [3.8, 4) is 0 Å². The molecule has 2 N–H and O–H groups in total. The van der Waals surface area contributed by atoms with Gasteiger partial charge >= 0.3 is 0 Å². The Bertz CT molecular complexity index is 1000. The molecule has 2 aromatic carbocycles. The van der Waals surface area contributed by atoms with Crippen molar-refractivity contribution < 1.29 is 18.4 Å². The maximum Gasteiger partial charge on any atom is 0.291 e. The number of halogens is 3. The maximum atomic E-state index is 12.6. The quantitative estimate of drug-likeness (QED) is 0.565. The van der Waals surface area contributed by atoms with Crippen molar-refractivity contribution in [3.63, 3.8) is 0 Å². The van der Waals surface area contributed by atoms with Gasteiger partial charge in [-0.25, -0.2) is 8.78 Å². The van der Waals surface area contributed by atoms with Gasteiger partial charge in [0, 0.05) is 0 Å². The lowest BCUT2D eigenvalue weighted by Gasteiger charge is -2.19. The fraction of sp³-hybridized carbons (Fsp3) is 0.158. The number of alkyl halides is 2. The molecule has 2 amide bonds. The van der Waals surface area contributed by atoms with Crippen LogP contribution in [0, 0.1) is 0 Å². The van der Waals surface area contributed by atoms with Gasteiger partial charge in [-0.3, -0.25) is 9.59 Å². The molecule has 0 spiro atoms. The van der Waals surface area contributed by atoms with Crippen LogP contribution in [0.5, 0.6) is 0 Å². The van der Waals surface area contributed by atoms with Crippen molar-refractivity contribution in [2.75, 3.05) is 5.32 Å². The van der Waals surface area contributed by atoms with Gasteiger partial charge < -0.3 is 10.6 Å². The van der Waals surface area contributed by atoms with Gasteiger partial charge in [0.25, 0.3) is 12.3 Å². The van der Waals surface area contributed by atoms with Crippen molar-refractivity contribution in [2.24, 2.45) is 0 Å². The van der Waals surface area contributed by atoms with Gasteiger partial charge in [-0.05, 0) is 17.7 Å². The van der Waals surface area contributed by atoms with E-state index in [1.807, 2.05) is 6.07 Å². The van der Waals surface area contributed by atoms with Crippen LogP contribution in [-0.4, -0.2) is 22.0 Å². The lowest BCUT2D eigenvalue weighted by Crippen LogP contribution is -2.31. The summed E-state index contributed by atoms with van der Waals surface area (Å²) in [6.45, 7) is 0. The summed E-state index contributed by atoms with van der Waals surface area (Å²) in [6, 6.07) is 14.8. The van der Waals surface area contributed by atoms with E-state index in [4.69, 9.17) is 11.6 Å². The van der Waals surface area contributed by atoms with Crippen LogP contribution in [0.4, 0.5) is 13.9 Å². The number of nitrogens with one attached hydrogen (secondary N) is 2. The molecule has 1 aromatic heterocycles. The molecule has 0 bridgehead atoms. The number of hydrogen-bond acceptors (Lipinski definition) is 5. The summed E-state index contributed by atoms with van der Waals surface area (Å²) < 4.78 is 25.2. The number of rotatable bonds is 7. The van der Waals surface area contributed by atoms with E-state index in [1.54, 1.807) is 48.5 Å². The Morgan fingerprint density at radius 3 is 2.38 bits per heavy atom. The molecule has 29 heavy (non-hydrogen) atoms. The monoisotopic (exact) mass is 436 g/mol. The lowest BCUT2D eigenvalue weighted by molar-refractivity contribution is -0.116. The molecular weight excluding hydrogens is 422 g/mol. The second-order valence-electron chi connectivity index (χ2n) is 5.92. The molecule has 6 nitrogen and oxygen atoms in total. The number of carbonyl (C=O) groups is 2. The van der Waals surface area contributed by atoms with Gasteiger partial charge in [0.2, 0.25) is 11.0 Å². The Kier molecular flexibility index (Phi) is 6.84. The van der Waals surface area contributed by atoms with E-state index in [0.717, 1.165) is 0 Å². The zero-order chi connectivity index (χ0) is 20.8. The molecular formula is C19H15ClF2N4O2S. The highest BCUT2D eigenvalue weighted by atomic mass is 35.5. The minimum Gasteiger partial charge on any atom is -0.345 e. The summed E-state index contributed by atoms with van der Waals surface area (Å²) in [4.78, 5) is 25.1. The van der Waals surface area contributed by atoms with Gasteiger partial charge in [0.05, 0.1) is 23.0 Å². The highest BCUT2D eigenvalue weighted by Crippen LogP contribution is 2.26. The van der Waals surface area contributed by atoms with Crippen LogP contribution in [0.3, 0.4) is 0 Å². The summed E-state index contributed by atoms with van der Waals surface area (Å²) in [5.41, 5.74) is 0.981. The first-order chi connectivity index (χ1) is 13.9. The van der Waals surface area contributed by atoms with E-state index in [2.05, 4.69) is 20.8 Å². The van der Waals surface area contributed by atoms with Crippen LogP contribution in [0.15, 0.2) is 54.6 Å². The molecule has 0 saturated carbocycles. The van der Waals surface area contributed by atoms with E-state index < -0.39 is 29.3 Å². The number of nitrogens with zero attached hydrogens (tertiary/aromatic N) is 2. The van der Waals surface area contributed by atoms with E-state index in [0.29, 0.717) is 16.9 Å². The molecule has 3 rings (SSSR count). The molecule has 0 aliphatic heterocycles. The first-order valence-electron chi connectivity index (χ1n) is 8.45. The summed E-state index contributed by atoms with van der Waals surface area (Å²) in [7, 11) is 0. The summed E-state index contributed by atoms with van der Waals surface area (Å²) in [5.74, 6) is -0.941. The van der Waals surface area contributed by atoms with Gasteiger partial charge in [0.1, 0.15) is 0 Å². The molecule has 0 saturated heterocycles. The number of aromatic nitrogens is 2. The van der Waals surface area contributed by atoms with Crippen LogP contribution in [0.25, 0.3) is 0 Å². The smallest absolute Gasteiger partial charge is 0.291 e. The predicted molar refractivity (Wildman–Crippen MR) is 106 cm³/mol. The van der Waals surface area contributed by atoms with E-state index in [1.165, 1.54) is 0 Å². The second kappa shape index (κ2) is 9.53. The van der Waals surface area contributed by atoms with Gasteiger partial charge in [-0.15, -0.1) is 10.2 Å². The Morgan fingerprint density at radius 2 is 1.72 bits per heavy atom. The van der Waals surface area contributed by atoms with Crippen LogP contribution in [0.2, 0.25) is 5.02 Å². The molecule has 1 atom stereocenters. The van der Waals surface area contributed by atoms with E-state index in [9.17, 15) is 18.4 Å². The third kappa shape index (κ3) is 5.55. The first kappa shape index (κ1) is 20.8. The van der Waals surface area contributed by atoms with Gasteiger partial charge in [0.15, 0.2) is 5.01 Å². The second-order valence-corrected chi connectivity index (χ2v) is 7.33. The maximum absolute atomic E-state index is 12.6. The third-order valence-corrected chi connectivity index (χ3v) is 5.06. The molecule has 1 heterocycles. The minimum absolute atomic E-state index is 0.0328. The van der Waals surface area contributed by atoms with Gasteiger partial charge in [-0.2, -0.15) is 0 Å². The van der Waals surface area contributed by atoms with Gasteiger partial charge in [-0.1, -0.05) is 65.4 Å². The highest BCUT2D eigenvalue weighted by Gasteiger charge is 2.22. The fourth-order valence-corrected chi connectivity index (χ4v) is 3.38. The van der Waals surface area contributed by atoms with Crippen molar-refractivity contribution in [2.45, 2.75) is 18.9 Å². The Labute approximate surface area is 173 Å². The molecule has 1 unspecified atom stereocenters. The van der Waals surface area contributed by atoms with Crippen molar-refractivity contribution in [3.05, 3.63) is 75.8 Å². The minimum atomic E-state index is -2.76. The normalized spacial score (nSPS) is 11.9. The van der Waals surface area contributed by atoms with Crippen LogP contribution >= 0.6 is 22.9 Å². The Balaban J connectivity index is 1.74. The lowest BCUT2D eigenvalue weighted by atomic mass is 10.0. The molecule has 10 heteroatoms. The Hall–Kier alpha value is -2.91. The van der Waals surface area contributed by atoms with E-state index in [-0.39, 0.29) is 22.1 Å². The molecule has 0 radical (unpaired) electrons. The predicted octanol–water partition coefficient (Wildman–Crippen LogP) is 4.63. The summed E-state index contributed by atoms with van der Waals surface area (Å²) in [6.07, 6.45) is -2.89. The van der Waals surface area contributed by atoms with Crippen LogP contribution in [-0.2, 0) is 4.79 Å². The standard InChI is InChI=1S/C19H15ClF2N4O2S/c20-13-9-5-4-8-12(13)17(28)23-14(11-6-2-1-3-7-11)10-15(27)24-19-26-25-18(29-19)16(21)22/h1-9,14,16H,10H2,(H,23,28)(H,24,26,27). The highest BCUT2D eigenvalue weighted by molar-refractivity contribution is 7.15. The molecule has 150 valence electrons. The average molecular weight is 437 g/mol. The summed E-state index contributed by atoms with van der Waals surface area (Å²) in [5, 5.41) is 11.9. The van der Waals surface area contributed by atoms with Crippen molar-refractivity contribution >= 4 is 39.9 Å². The summed E-state index contributed by atoms with van der Waals surface area (Å²) >= 11 is 6.67. The number of benzene rings is 2. The zero-order valence-electron chi connectivity index (χ0n) is 14.8. The third-order valence-electron chi connectivity index (χ3n) is 3.89. The largest absolute Gasteiger partial charge is 0.345 e. The van der Waals surface area contributed by atoms with E-state index >= 15 is 0 Å².